The number of rotatable bonds is 0. The fraction of sp³-hybridized carbons (Fsp3) is 0.833. The molecule has 1 rings (SSSR count). The van der Waals surface area contributed by atoms with Gasteiger partial charge in [-0.2, -0.15) is 0 Å². The Kier molecular flexibility index (Phi) is 2.16. The number of alkyl halides is 1. The third-order valence-electron chi connectivity index (χ3n) is 1.45. The van der Waals surface area contributed by atoms with Crippen molar-refractivity contribution in [3.63, 3.8) is 0 Å². The van der Waals surface area contributed by atoms with Gasteiger partial charge in [0.05, 0.1) is 0 Å². The lowest BCUT2D eigenvalue weighted by molar-refractivity contribution is -0.123. The van der Waals surface area contributed by atoms with Crippen LogP contribution in [-0.4, -0.2) is 25.0 Å². The monoisotopic (exact) mass is 131 g/mol. The molecule has 3 heteroatoms. The molecule has 0 saturated carbocycles. The molecule has 0 aromatic heterocycles. The zero-order valence-corrected chi connectivity index (χ0v) is 5.19. The van der Waals surface area contributed by atoms with Crippen LogP contribution in [0.5, 0.6) is 0 Å². The highest BCUT2D eigenvalue weighted by atomic mass is 19.1. The summed E-state index contributed by atoms with van der Waals surface area (Å²) in [6.45, 7) is 0.977. The van der Waals surface area contributed by atoms with Crippen LogP contribution in [-0.2, 0) is 4.79 Å². The lowest BCUT2D eigenvalue weighted by Crippen LogP contribution is -2.25. The molecule has 1 N–H and O–H groups in total. The predicted molar refractivity (Wildman–Crippen MR) is 32.0 cm³/mol. The number of hydrogen-bond acceptors (Lipinski definition) is 2. The average Bonchev–Trinajstić information content (AvgIpc) is 1.99. The molecular formula is C6H10FNO. The van der Waals surface area contributed by atoms with Gasteiger partial charge in [0.15, 0.2) is 12.0 Å². The van der Waals surface area contributed by atoms with Crippen molar-refractivity contribution in [2.24, 2.45) is 0 Å². The van der Waals surface area contributed by atoms with Crippen molar-refractivity contribution in [1.82, 2.24) is 5.32 Å². The van der Waals surface area contributed by atoms with Crippen LogP contribution < -0.4 is 5.32 Å². The number of carbonyl (C=O) groups excluding carboxylic acids is 1. The Morgan fingerprint density at radius 3 is 3.22 bits per heavy atom. The number of Topliss-reactive ketones (excluding diaryl/α,β-unsaturated/α-hetero) is 1. The van der Waals surface area contributed by atoms with Crippen LogP contribution in [0.25, 0.3) is 0 Å². The summed E-state index contributed by atoms with van der Waals surface area (Å²) in [6, 6.07) is 0. The minimum absolute atomic E-state index is 0.207. The summed E-state index contributed by atoms with van der Waals surface area (Å²) >= 11 is 0. The van der Waals surface area contributed by atoms with Crippen molar-refractivity contribution in [3.05, 3.63) is 0 Å². The first-order valence-electron chi connectivity index (χ1n) is 3.18. The van der Waals surface area contributed by atoms with Gasteiger partial charge in [-0.15, -0.1) is 0 Å². The maximum atomic E-state index is 12.4. The molecule has 0 aromatic rings. The van der Waals surface area contributed by atoms with Gasteiger partial charge >= 0.3 is 0 Å². The van der Waals surface area contributed by atoms with E-state index < -0.39 is 6.17 Å². The lowest BCUT2D eigenvalue weighted by Gasteiger charge is -1.99. The van der Waals surface area contributed by atoms with E-state index in [1.165, 1.54) is 0 Å². The van der Waals surface area contributed by atoms with Gasteiger partial charge in [-0.05, 0) is 13.0 Å². The van der Waals surface area contributed by atoms with E-state index in [-0.39, 0.29) is 12.3 Å². The second-order valence-corrected chi connectivity index (χ2v) is 2.24. The molecule has 0 aromatic carbocycles. The zero-order valence-electron chi connectivity index (χ0n) is 5.19. The Labute approximate surface area is 53.4 Å². The van der Waals surface area contributed by atoms with Gasteiger partial charge in [0, 0.05) is 13.0 Å². The van der Waals surface area contributed by atoms with E-state index in [2.05, 4.69) is 5.32 Å². The lowest BCUT2D eigenvalue weighted by atomic mass is 10.2. The Morgan fingerprint density at radius 1 is 1.67 bits per heavy atom. The standard InChI is InChI=1S/C6H10FNO/c7-5-4-8-3-1-2-6(5)9/h5,8H,1-4H2/t5-/m0/s1. The molecule has 1 saturated heterocycles. The van der Waals surface area contributed by atoms with Crippen LogP contribution in [0.4, 0.5) is 4.39 Å². The van der Waals surface area contributed by atoms with E-state index in [0.29, 0.717) is 6.42 Å². The molecule has 0 unspecified atom stereocenters. The van der Waals surface area contributed by atoms with Crippen molar-refractivity contribution in [2.75, 3.05) is 13.1 Å². The Morgan fingerprint density at radius 2 is 2.44 bits per heavy atom. The van der Waals surface area contributed by atoms with E-state index >= 15 is 0 Å². The smallest absolute Gasteiger partial charge is 0.170 e. The van der Waals surface area contributed by atoms with E-state index in [1.54, 1.807) is 0 Å². The van der Waals surface area contributed by atoms with Gasteiger partial charge in [-0.1, -0.05) is 0 Å². The van der Waals surface area contributed by atoms with Gasteiger partial charge < -0.3 is 5.32 Å². The van der Waals surface area contributed by atoms with E-state index in [0.717, 1.165) is 13.0 Å². The quantitative estimate of drug-likeness (QED) is 0.511. The van der Waals surface area contributed by atoms with E-state index in [1.807, 2.05) is 0 Å². The maximum absolute atomic E-state index is 12.4. The van der Waals surface area contributed by atoms with Gasteiger partial charge in [0.2, 0.25) is 0 Å². The third kappa shape index (κ3) is 1.75. The summed E-state index contributed by atoms with van der Waals surface area (Å²) in [5.74, 6) is -0.250. The third-order valence-corrected chi connectivity index (χ3v) is 1.45. The highest BCUT2D eigenvalue weighted by Gasteiger charge is 2.18. The molecule has 1 fully saturated rings. The van der Waals surface area contributed by atoms with Gasteiger partial charge in [-0.3, -0.25) is 4.79 Å². The molecule has 0 aliphatic carbocycles. The number of hydrogen-bond donors (Lipinski definition) is 1. The summed E-state index contributed by atoms with van der Waals surface area (Å²) in [7, 11) is 0. The normalized spacial score (nSPS) is 29.9. The largest absolute Gasteiger partial charge is 0.313 e. The summed E-state index contributed by atoms with van der Waals surface area (Å²) in [5.41, 5.74) is 0. The van der Waals surface area contributed by atoms with Crippen LogP contribution in [0.15, 0.2) is 0 Å². The number of carbonyl (C=O) groups is 1. The summed E-state index contributed by atoms with van der Waals surface area (Å²) in [6.07, 6.45) is -0.0829. The summed E-state index contributed by atoms with van der Waals surface area (Å²) in [5, 5.41) is 2.83. The highest BCUT2D eigenvalue weighted by Crippen LogP contribution is 2.02. The summed E-state index contributed by atoms with van der Waals surface area (Å²) in [4.78, 5) is 10.6. The molecule has 0 bridgehead atoms. The van der Waals surface area contributed by atoms with Crippen molar-refractivity contribution in [2.45, 2.75) is 19.0 Å². The molecule has 1 aliphatic heterocycles. The van der Waals surface area contributed by atoms with Crippen molar-refractivity contribution in [3.8, 4) is 0 Å². The van der Waals surface area contributed by atoms with Crippen LogP contribution in [0.1, 0.15) is 12.8 Å². The van der Waals surface area contributed by atoms with Gasteiger partial charge in [0.25, 0.3) is 0 Å². The first kappa shape index (κ1) is 6.68. The zero-order chi connectivity index (χ0) is 6.69. The van der Waals surface area contributed by atoms with Crippen molar-refractivity contribution < 1.29 is 9.18 Å². The Bertz CT molecular complexity index is 116. The SMILES string of the molecule is O=C1CCCNC[C@@H]1F. The van der Waals surface area contributed by atoms with Crippen LogP contribution >= 0.6 is 0 Å². The molecule has 1 aliphatic rings. The molecule has 2 nitrogen and oxygen atoms in total. The van der Waals surface area contributed by atoms with Crippen LogP contribution in [0.2, 0.25) is 0 Å². The van der Waals surface area contributed by atoms with Crippen molar-refractivity contribution in [1.29, 1.82) is 0 Å². The molecule has 0 spiro atoms. The molecule has 9 heavy (non-hydrogen) atoms. The highest BCUT2D eigenvalue weighted by molar-refractivity contribution is 5.83. The fourth-order valence-corrected chi connectivity index (χ4v) is 0.887. The number of nitrogens with one attached hydrogen (secondary N) is 1. The maximum Gasteiger partial charge on any atom is 0.170 e. The molecular weight excluding hydrogens is 121 g/mol. The topological polar surface area (TPSA) is 29.1 Å². The van der Waals surface area contributed by atoms with Gasteiger partial charge in [0.1, 0.15) is 0 Å². The Hall–Kier alpha value is -0.440. The summed E-state index contributed by atoms with van der Waals surface area (Å²) < 4.78 is 12.4. The first-order valence-corrected chi connectivity index (χ1v) is 3.18. The van der Waals surface area contributed by atoms with Crippen LogP contribution in [0, 0.1) is 0 Å². The van der Waals surface area contributed by atoms with E-state index in [9.17, 15) is 9.18 Å². The molecule has 1 atom stereocenters. The first-order chi connectivity index (χ1) is 4.30. The second kappa shape index (κ2) is 2.92. The van der Waals surface area contributed by atoms with Gasteiger partial charge in [-0.25, -0.2) is 4.39 Å². The minimum Gasteiger partial charge on any atom is -0.313 e. The average molecular weight is 131 g/mol. The minimum atomic E-state index is -1.26. The molecule has 0 amide bonds. The molecule has 52 valence electrons. The van der Waals surface area contributed by atoms with E-state index in [4.69, 9.17) is 0 Å². The number of ketones is 1. The second-order valence-electron chi connectivity index (χ2n) is 2.24. The van der Waals surface area contributed by atoms with Crippen LogP contribution in [0.3, 0.4) is 0 Å². The molecule has 0 radical (unpaired) electrons. The van der Waals surface area contributed by atoms with Crippen molar-refractivity contribution >= 4 is 5.78 Å². The Balaban J connectivity index is 2.41. The number of halogens is 1. The predicted octanol–water partition coefficient (Wildman–Crippen LogP) is 0.277. The fourth-order valence-electron chi connectivity index (χ4n) is 0.887. The molecule has 1 heterocycles.